The van der Waals surface area contributed by atoms with E-state index in [1.807, 2.05) is 36.9 Å². The lowest BCUT2D eigenvalue weighted by atomic mass is 9.78. The van der Waals surface area contributed by atoms with E-state index in [2.05, 4.69) is 17.2 Å². The molecule has 2 aromatic rings. The molecule has 1 fully saturated rings. The second kappa shape index (κ2) is 6.77. The van der Waals surface area contributed by atoms with Crippen LogP contribution in [0.15, 0.2) is 42.7 Å². The molecule has 1 aliphatic heterocycles. The Hall–Kier alpha value is -2.14. The number of rotatable bonds is 4. The molecular formula is C19H25N3O2. The van der Waals surface area contributed by atoms with Crippen molar-refractivity contribution in [1.82, 2.24) is 14.7 Å². The van der Waals surface area contributed by atoms with Gasteiger partial charge in [0.1, 0.15) is 0 Å². The Morgan fingerprint density at radius 3 is 2.79 bits per heavy atom. The summed E-state index contributed by atoms with van der Waals surface area (Å²) in [4.78, 5) is 14.6. The lowest BCUT2D eigenvalue weighted by Crippen LogP contribution is -2.52. The van der Waals surface area contributed by atoms with Gasteiger partial charge in [0.2, 0.25) is 0 Å². The van der Waals surface area contributed by atoms with E-state index in [0.717, 1.165) is 13.0 Å². The molecule has 128 valence electrons. The molecule has 1 aromatic heterocycles. The second-order valence-electron chi connectivity index (χ2n) is 6.83. The summed E-state index contributed by atoms with van der Waals surface area (Å²) >= 11 is 0. The molecule has 2 atom stereocenters. The van der Waals surface area contributed by atoms with Gasteiger partial charge in [-0.2, -0.15) is 5.10 Å². The molecule has 5 nitrogen and oxygen atoms in total. The number of aromatic nitrogens is 2. The van der Waals surface area contributed by atoms with Crippen LogP contribution in [0.25, 0.3) is 0 Å². The Balaban J connectivity index is 1.73. The molecule has 0 spiro atoms. The first kappa shape index (κ1) is 16.7. The Morgan fingerprint density at radius 1 is 1.38 bits per heavy atom. The van der Waals surface area contributed by atoms with E-state index in [4.69, 9.17) is 0 Å². The fraction of sp³-hybridized carbons (Fsp3) is 0.474. The Morgan fingerprint density at radius 2 is 2.12 bits per heavy atom. The van der Waals surface area contributed by atoms with Gasteiger partial charge in [-0.25, -0.2) is 0 Å². The maximum atomic E-state index is 12.7. The van der Waals surface area contributed by atoms with Crippen molar-refractivity contribution in [2.75, 3.05) is 13.1 Å². The Labute approximate surface area is 142 Å². The maximum Gasteiger partial charge on any atom is 0.257 e. The number of piperidine rings is 1. The summed E-state index contributed by atoms with van der Waals surface area (Å²) in [6, 6.07) is 10.2. The molecule has 0 saturated carbocycles. The fourth-order valence-electron chi connectivity index (χ4n) is 3.32. The highest BCUT2D eigenvalue weighted by atomic mass is 16.3. The van der Waals surface area contributed by atoms with Gasteiger partial charge in [-0.1, -0.05) is 30.3 Å². The first-order valence-electron chi connectivity index (χ1n) is 8.57. The monoisotopic (exact) mass is 327 g/mol. The van der Waals surface area contributed by atoms with Crippen LogP contribution in [0.5, 0.6) is 0 Å². The molecule has 1 N–H and O–H groups in total. The van der Waals surface area contributed by atoms with Crippen molar-refractivity contribution in [2.24, 2.45) is 5.92 Å². The highest BCUT2D eigenvalue weighted by Crippen LogP contribution is 2.31. The molecule has 0 bridgehead atoms. The van der Waals surface area contributed by atoms with Crippen LogP contribution in [0.3, 0.4) is 0 Å². The van der Waals surface area contributed by atoms with Crippen molar-refractivity contribution in [3.05, 3.63) is 53.9 Å². The lowest BCUT2D eigenvalue weighted by molar-refractivity contribution is -0.0507. The SMILES string of the molecule is CCn1cc(C(=O)N2CC[C@](C)(O)[C@H](Cc3ccccc3)C2)cn1. The number of hydrogen-bond acceptors (Lipinski definition) is 3. The first-order chi connectivity index (χ1) is 11.5. The van der Waals surface area contributed by atoms with E-state index in [-0.39, 0.29) is 11.8 Å². The van der Waals surface area contributed by atoms with Crippen molar-refractivity contribution in [3.63, 3.8) is 0 Å². The van der Waals surface area contributed by atoms with Gasteiger partial charge >= 0.3 is 0 Å². The molecule has 0 radical (unpaired) electrons. The molecule has 24 heavy (non-hydrogen) atoms. The van der Waals surface area contributed by atoms with Gasteiger partial charge in [0.25, 0.3) is 5.91 Å². The largest absolute Gasteiger partial charge is 0.390 e. The predicted octanol–water partition coefficient (Wildman–Crippen LogP) is 2.36. The van der Waals surface area contributed by atoms with Crippen molar-refractivity contribution in [1.29, 1.82) is 0 Å². The molecule has 3 rings (SSSR count). The number of likely N-dealkylation sites (tertiary alicyclic amines) is 1. The molecule has 0 aliphatic carbocycles. The molecule has 1 amide bonds. The third-order valence-electron chi connectivity index (χ3n) is 5.02. The number of hydrogen-bond donors (Lipinski definition) is 1. The minimum atomic E-state index is -0.750. The first-order valence-corrected chi connectivity index (χ1v) is 8.57. The quantitative estimate of drug-likeness (QED) is 0.938. The van der Waals surface area contributed by atoms with Crippen molar-refractivity contribution in [2.45, 2.75) is 38.8 Å². The van der Waals surface area contributed by atoms with Crippen LogP contribution >= 0.6 is 0 Å². The molecule has 2 heterocycles. The summed E-state index contributed by atoms with van der Waals surface area (Å²) in [6.45, 7) is 5.78. The number of amides is 1. The van der Waals surface area contributed by atoms with E-state index in [9.17, 15) is 9.90 Å². The number of carbonyl (C=O) groups is 1. The van der Waals surface area contributed by atoms with Crippen LogP contribution in [0.1, 0.15) is 36.2 Å². The zero-order valence-corrected chi connectivity index (χ0v) is 14.4. The van der Waals surface area contributed by atoms with Crippen LogP contribution in [0.4, 0.5) is 0 Å². The maximum absolute atomic E-state index is 12.7. The summed E-state index contributed by atoms with van der Waals surface area (Å²) in [5.41, 5.74) is 1.06. The predicted molar refractivity (Wildman–Crippen MR) is 92.7 cm³/mol. The average Bonchev–Trinajstić information content (AvgIpc) is 3.06. The zero-order valence-electron chi connectivity index (χ0n) is 14.4. The average molecular weight is 327 g/mol. The number of nitrogens with zero attached hydrogens (tertiary/aromatic N) is 3. The summed E-state index contributed by atoms with van der Waals surface area (Å²) in [5.74, 6) is 0.0297. The summed E-state index contributed by atoms with van der Waals surface area (Å²) in [6.07, 6.45) is 4.79. The van der Waals surface area contributed by atoms with Gasteiger partial charge in [-0.3, -0.25) is 9.48 Å². The third-order valence-corrected chi connectivity index (χ3v) is 5.02. The third kappa shape index (κ3) is 3.51. The van der Waals surface area contributed by atoms with Crippen LogP contribution in [0.2, 0.25) is 0 Å². The Bertz CT molecular complexity index is 694. The molecule has 0 unspecified atom stereocenters. The highest BCUT2D eigenvalue weighted by molar-refractivity contribution is 5.93. The molecule has 5 heteroatoms. The smallest absolute Gasteiger partial charge is 0.257 e. The topological polar surface area (TPSA) is 58.4 Å². The summed E-state index contributed by atoms with van der Waals surface area (Å²) in [5, 5.41) is 14.9. The number of aryl methyl sites for hydroxylation is 1. The van der Waals surface area contributed by atoms with E-state index >= 15 is 0 Å². The van der Waals surface area contributed by atoms with Gasteiger partial charge in [-0.05, 0) is 32.3 Å². The van der Waals surface area contributed by atoms with E-state index in [1.54, 1.807) is 17.1 Å². The number of aliphatic hydroxyl groups is 1. The van der Waals surface area contributed by atoms with Gasteiger partial charge in [0.05, 0.1) is 17.4 Å². The van der Waals surface area contributed by atoms with Crippen LogP contribution in [-0.2, 0) is 13.0 Å². The van der Waals surface area contributed by atoms with Gasteiger partial charge < -0.3 is 10.0 Å². The molecule has 1 aliphatic rings. The van der Waals surface area contributed by atoms with E-state index in [0.29, 0.717) is 25.1 Å². The zero-order chi connectivity index (χ0) is 17.2. The fourth-order valence-corrected chi connectivity index (χ4v) is 3.32. The molecule has 1 aromatic carbocycles. The molecular weight excluding hydrogens is 302 g/mol. The summed E-state index contributed by atoms with van der Waals surface area (Å²) < 4.78 is 1.76. The van der Waals surface area contributed by atoms with Gasteiger partial charge in [-0.15, -0.1) is 0 Å². The van der Waals surface area contributed by atoms with Gasteiger partial charge in [0, 0.05) is 31.7 Å². The molecule has 1 saturated heterocycles. The van der Waals surface area contributed by atoms with Crippen molar-refractivity contribution >= 4 is 5.91 Å². The van der Waals surface area contributed by atoms with Crippen molar-refractivity contribution in [3.8, 4) is 0 Å². The van der Waals surface area contributed by atoms with E-state index < -0.39 is 5.60 Å². The minimum Gasteiger partial charge on any atom is -0.390 e. The van der Waals surface area contributed by atoms with Gasteiger partial charge in [0.15, 0.2) is 0 Å². The van der Waals surface area contributed by atoms with E-state index in [1.165, 1.54) is 5.56 Å². The van der Waals surface area contributed by atoms with Crippen molar-refractivity contribution < 1.29 is 9.90 Å². The van der Waals surface area contributed by atoms with Crippen LogP contribution in [0, 0.1) is 5.92 Å². The van der Waals surface area contributed by atoms with Crippen LogP contribution in [-0.4, -0.2) is 44.4 Å². The standard InChI is InChI=1S/C19H25N3O2/c1-3-22-13-16(12-20-22)18(23)21-10-9-19(2,24)17(14-21)11-15-7-5-4-6-8-15/h4-8,12-13,17,24H,3,9-11,14H2,1-2H3/t17-,19+/m1/s1. The van der Waals surface area contributed by atoms with Crippen LogP contribution < -0.4 is 0 Å². The summed E-state index contributed by atoms with van der Waals surface area (Å²) in [7, 11) is 0. The Kier molecular flexibility index (Phi) is 4.71. The normalized spacial score (nSPS) is 24.1. The second-order valence-corrected chi connectivity index (χ2v) is 6.83. The number of carbonyl (C=O) groups excluding carboxylic acids is 1. The minimum absolute atomic E-state index is 0.00302. The lowest BCUT2D eigenvalue weighted by Gasteiger charge is -2.42. The highest BCUT2D eigenvalue weighted by Gasteiger charge is 2.39. The number of benzene rings is 1.